The Kier molecular flexibility index (Phi) is 12.7. The Balaban J connectivity index is 1.78. The number of rotatable bonds is 15. The summed E-state index contributed by atoms with van der Waals surface area (Å²) in [6.07, 6.45) is 16.6. The van der Waals surface area contributed by atoms with E-state index >= 15 is 0 Å². The van der Waals surface area contributed by atoms with Gasteiger partial charge in [0, 0.05) is 0 Å². The maximum atomic E-state index is 5.72. The van der Waals surface area contributed by atoms with Crippen molar-refractivity contribution < 1.29 is 4.74 Å². The van der Waals surface area contributed by atoms with Crippen LogP contribution in [0.3, 0.4) is 0 Å². The lowest BCUT2D eigenvalue weighted by Gasteiger charge is -2.10. The molecule has 0 fully saturated rings. The molecule has 132 valence electrons. The van der Waals surface area contributed by atoms with Crippen LogP contribution in [-0.4, -0.2) is 6.61 Å². The van der Waals surface area contributed by atoms with Crippen molar-refractivity contribution in [3.63, 3.8) is 0 Å². The van der Waals surface area contributed by atoms with Crippen molar-refractivity contribution >= 4 is 0 Å². The Hall–Kier alpha value is -0.980. The second-order valence-electron chi connectivity index (χ2n) is 7.03. The van der Waals surface area contributed by atoms with Gasteiger partial charge in [-0.3, -0.25) is 0 Å². The normalized spacial score (nSPS) is 12.3. The minimum atomic E-state index is 0.861. The zero-order valence-electron chi connectivity index (χ0n) is 15.6. The molecular formula is C22H38O. The molecule has 23 heavy (non-hydrogen) atoms. The van der Waals surface area contributed by atoms with Gasteiger partial charge < -0.3 is 4.74 Å². The van der Waals surface area contributed by atoms with Gasteiger partial charge in [0.05, 0.1) is 6.61 Å². The number of hydrogen-bond donors (Lipinski definition) is 0. The topological polar surface area (TPSA) is 9.23 Å². The van der Waals surface area contributed by atoms with Crippen LogP contribution in [0.4, 0.5) is 0 Å². The van der Waals surface area contributed by atoms with E-state index in [-0.39, 0.29) is 0 Å². The van der Waals surface area contributed by atoms with E-state index in [0.717, 1.165) is 18.3 Å². The third-order valence-corrected chi connectivity index (χ3v) is 4.65. The van der Waals surface area contributed by atoms with Gasteiger partial charge in [0.15, 0.2) is 0 Å². The summed E-state index contributed by atoms with van der Waals surface area (Å²) in [4.78, 5) is 0. The van der Waals surface area contributed by atoms with Crippen LogP contribution in [0.15, 0.2) is 30.3 Å². The van der Waals surface area contributed by atoms with E-state index < -0.39 is 0 Å². The third-order valence-electron chi connectivity index (χ3n) is 4.65. The average Bonchev–Trinajstić information content (AvgIpc) is 2.58. The van der Waals surface area contributed by atoms with E-state index in [2.05, 4.69) is 13.8 Å². The van der Waals surface area contributed by atoms with Gasteiger partial charge in [-0.1, -0.05) is 103 Å². The summed E-state index contributed by atoms with van der Waals surface area (Å²) in [7, 11) is 0. The lowest BCUT2D eigenvalue weighted by molar-refractivity contribution is 0.304. The molecule has 1 unspecified atom stereocenters. The van der Waals surface area contributed by atoms with Crippen LogP contribution >= 0.6 is 0 Å². The van der Waals surface area contributed by atoms with Crippen molar-refractivity contribution in [3.8, 4) is 5.75 Å². The monoisotopic (exact) mass is 318 g/mol. The van der Waals surface area contributed by atoms with E-state index in [9.17, 15) is 0 Å². The Morgan fingerprint density at radius 2 is 1.30 bits per heavy atom. The molecule has 1 aromatic rings. The van der Waals surface area contributed by atoms with Crippen LogP contribution in [-0.2, 0) is 0 Å². The molecule has 0 aliphatic rings. The minimum absolute atomic E-state index is 0.861. The van der Waals surface area contributed by atoms with Crippen molar-refractivity contribution in [2.24, 2.45) is 5.92 Å². The average molecular weight is 319 g/mol. The highest BCUT2D eigenvalue weighted by Gasteiger charge is 2.01. The molecule has 0 spiro atoms. The summed E-state index contributed by atoms with van der Waals surface area (Å²) in [5.74, 6) is 1.94. The smallest absolute Gasteiger partial charge is 0.119 e. The van der Waals surface area contributed by atoms with Crippen molar-refractivity contribution in [1.82, 2.24) is 0 Å². The lowest BCUT2D eigenvalue weighted by Crippen LogP contribution is -1.97. The number of benzene rings is 1. The Morgan fingerprint density at radius 3 is 1.96 bits per heavy atom. The second-order valence-corrected chi connectivity index (χ2v) is 7.03. The molecule has 0 saturated carbocycles. The number of ether oxygens (including phenoxy) is 1. The van der Waals surface area contributed by atoms with E-state index in [0.29, 0.717) is 0 Å². The van der Waals surface area contributed by atoms with Gasteiger partial charge in [-0.25, -0.2) is 0 Å². The zero-order chi connectivity index (χ0) is 16.6. The van der Waals surface area contributed by atoms with E-state index in [1.807, 2.05) is 30.3 Å². The summed E-state index contributed by atoms with van der Waals surface area (Å²) >= 11 is 0. The Labute approximate surface area is 144 Å². The summed E-state index contributed by atoms with van der Waals surface area (Å²) < 4.78 is 5.72. The molecule has 0 amide bonds. The molecule has 0 saturated heterocycles. The molecule has 0 aromatic heterocycles. The first-order valence-electron chi connectivity index (χ1n) is 10.0. The predicted octanol–water partition coefficient (Wildman–Crippen LogP) is 7.40. The van der Waals surface area contributed by atoms with Gasteiger partial charge >= 0.3 is 0 Å². The fourth-order valence-electron chi connectivity index (χ4n) is 3.06. The highest BCUT2D eigenvalue weighted by atomic mass is 16.5. The maximum absolute atomic E-state index is 5.72. The minimum Gasteiger partial charge on any atom is -0.494 e. The van der Waals surface area contributed by atoms with Gasteiger partial charge in [-0.15, -0.1) is 0 Å². The highest BCUT2D eigenvalue weighted by molar-refractivity contribution is 5.20. The van der Waals surface area contributed by atoms with Gasteiger partial charge in [0.25, 0.3) is 0 Å². The van der Waals surface area contributed by atoms with Crippen LogP contribution < -0.4 is 4.74 Å². The van der Waals surface area contributed by atoms with Crippen molar-refractivity contribution in [2.75, 3.05) is 6.61 Å². The van der Waals surface area contributed by atoms with Crippen LogP contribution in [0.5, 0.6) is 5.75 Å². The van der Waals surface area contributed by atoms with Gasteiger partial charge in [0.2, 0.25) is 0 Å². The van der Waals surface area contributed by atoms with Gasteiger partial charge in [0.1, 0.15) is 5.75 Å². The predicted molar refractivity (Wildman–Crippen MR) is 102 cm³/mol. The Morgan fingerprint density at radius 1 is 0.739 bits per heavy atom. The highest BCUT2D eigenvalue weighted by Crippen LogP contribution is 2.17. The molecule has 0 N–H and O–H groups in total. The quantitative estimate of drug-likeness (QED) is 0.306. The lowest BCUT2D eigenvalue weighted by atomic mass is 9.97. The SMILES string of the molecule is CCCCC(C)CCCCCCCCCCOc1ccccc1. The van der Waals surface area contributed by atoms with Crippen molar-refractivity contribution in [1.29, 1.82) is 0 Å². The van der Waals surface area contributed by atoms with Gasteiger partial charge in [-0.2, -0.15) is 0 Å². The molecule has 0 heterocycles. The summed E-state index contributed by atoms with van der Waals surface area (Å²) in [5, 5.41) is 0. The maximum Gasteiger partial charge on any atom is 0.119 e. The molecule has 0 bridgehead atoms. The fourth-order valence-corrected chi connectivity index (χ4v) is 3.06. The fraction of sp³-hybridized carbons (Fsp3) is 0.727. The molecule has 1 heteroatoms. The van der Waals surface area contributed by atoms with Gasteiger partial charge in [-0.05, 0) is 24.5 Å². The molecule has 1 nitrogen and oxygen atoms in total. The largest absolute Gasteiger partial charge is 0.494 e. The molecule has 1 atom stereocenters. The van der Waals surface area contributed by atoms with Crippen LogP contribution in [0.1, 0.15) is 90.9 Å². The van der Waals surface area contributed by atoms with Crippen molar-refractivity contribution in [3.05, 3.63) is 30.3 Å². The number of para-hydroxylation sites is 1. The summed E-state index contributed by atoms with van der Waals surface area (Å²) in [5.41, 5.74) is 0. The molecule has 0 radical (unpaired) electrons. The van der Waals surface area contributed by atoms with E-state index in [1.54, 1.807) is 0 Å². The molecule has 1 rings (SSSR count). The molecule has 0 aliphatic carbocycles. The number of hydrogen-bond acceptors (Lipinski definition) is 1. The van der Waals surface area contributed by atoms with Crippen molar-refractivity contribution in [2.45, 2.75) is 90.9 Å². The standard InChI is InChI=1S/C22H38O/c1-3-4-16-21(2)17-12-9-7-5-6-8-10-15-20-23-22-18-13-11-14-19-22/h11,13-14,18-19,21H,3-10,12,15-17,20H2,1-2H3. The first kappa shape index (κ1) is 20.1. The molecular weight excluding hydrogens is 280 g/mol. The third kappa shape index (κ3) is 12.1. The first-order chi connectivity index (χ1) is 11.3. The van der Waals surface area contributed by atoms with Crippen LogP contribution in [0, 0.1) is 5.92 Å². The van der Waals surface area contributed by atoms with E-state index in [1.165, 1.54) is 77.0 Å². The zero-order valence-corrected chi connectivity index (χ0v) is 15.6. The van der Waals surface area contributed by atoms with E-state index in [4.69, 9.17) is 4.74 Å². The second kappa shape index (κ2) is 14.6. The number of unbranched alkanes of at least 4 members (excludes halogenated alkanes) is 8. The first-order valence-corrected chi connectivity index (χ1v) is 10.0. The summed E-state index contributed by atoms with van der Waals surface area (Å²) in [6.45, 7) is 5.58. The molecule has 1 aromatic carbocycles. The van der Waals surface area contributed by atoms with Crippen LogP contribution in [0.25, 0.3) is 0 Å². The molecule has 0 aliphatic heterocycles. The summed E-state index contributed by atoms with van der Waals surface area (Å²) in [6, 6.07) is 10.1. The Bertz CT molecular complexity index is 346. The van der Waals surface area contributed by atoms with Crippen LogP contribution in [0.2, 0.25) is 0 Å².